The number of ether oxygens (including phenoxy) is 1. The van der Waals surface area contributed by atoms with E-state index in [0.29, 0.717) is 25.4 Å². The number of fused-ring (bicyclic) bond motifs is 1. The first-order chi connectivity index (χ1) is 11.7. The number of morpholine rings is 1. The van der Waals surface area contributed by atoms with Crippen molar-refractivity contribution in [3.8, 4) is 0 Å². The Hall–Kier alpha value is -2.67. The van der Waals surface area contributed by atoms with E-state index in [0.717, 1.165) is 5.56 Å². The summed E-state index contributed by atoms with van der Waals surface area (Å²) in [7, 11) is 0. The van der Waals surface area contributed by atoms with Crippen molar-refractivity contribution in [1.29, 1.82) is 0 Å². The molecule has 24 heavy (non-hydrogen) atoms. The summed E-state index contributed by atoms with van der Waals surface area (Å²) < 4.78 is 10.8. The van der Waals surface area contributed by atoms with Gasteiger partial charge in [-0.15, -0.1) is 0 Å². The molecule has 124 valence electrons. The summed E-state index contributed by atoms with van der Waals surface area (Å²) in [4.78, 5) is 32.3. The average Bonchev–Trinajstić information content (AvgIpc) is 3.27. The van der Waals surface area contributed by atoms with Gasteiger partial charge < -0.3 is 19.0 Å². The number of likely N-dealkylation sites (tertiary alicyclic amines) is 1. The molecule has 2 aromatic heterocycles. The molecule has 4 heterocycles. The predicted molar refractivity (Wildman–Crippen MR) is 82.9 cm³/mol. The van der Waals surface area contributed by atoms with Crippen LogP contribution in [0.3, 0.4) is 0 Å². The van der Waals surface area contributed by atoms with Gasteiger partial charge in [0.2, 0.25) is 5.91 Å². The van der Waals surface area contributed by atoms with E-state index in [1.807, 2.05) is 12.1 Å². The summed E-state index contributed by atoms with van der Waals surface area (Å²) in [6.07, 6.45) is 4.76. The summed E-state index contributed by atoms with van der Waals surface area (Å²) in [5.74, 6) is 0.0676. The standard InChI is InChI=1S/C17H17N3O4/c21-16-11-24-15-10-19(17(22)14-4-2-6-23-14)9-13(15)20(16)8-12-3-1-5-18-7-12/h1-7,13,15H,8-11H2/t13-,15-/m1/s1. The zero-order chi connectivity index (χ0) is 16.5. The molecule has 0 radical (unpaired) electrons. The van der Waals surface area contributed by atoms with Crippen molar-refractivity contribution in [3.63, 3.8) is 0 Å². The van der Waals surface area contributed by atoms with Crippen LogP contribution in [0.2, 0.25) is 0 Å². The third-order valence-electron chi connectivity index (χ3n) is 4.47. The lowest BCUT2D eigenvalue weighted by Gasteiger charge is -2.36. The number of carbonyl (C=O) groups excluding carboxylic acids is 2. The molecule has 2 saturated heterocycles. The Morgan fingerprint density at radius 1 is 1.29 bits per heavy atom. The molecule has 0 aliphatic carbocycles. The van der Waals surface area contributed by atoms with Gasteiger partial charge in [-0.1, -0.05) is 6.07 Å². The normalized spacial score (nSPS) is 23.4. The van der Waals surface area contributed by atoms with Crippen LogP contribution in [0.4, 0.5) is 0 Å². The Kier molecular flexibility index (Phi) is 3.78. The zero-order valence-electron chi connectivity index (χ0n) is 13.0. The second-order valence-corrected chi connectivity index (χ2v) is 5.99. The molecule has 0 saturated carbocycles. The Morgan fingerprint density at radius 2 is 2.21 bits per heavy atom. The highest BCUT2D eigenvalue weighted by Crippen LogP contribution is 2.26. The van der Waals surface area contributed by atoms with E-state index >= 15 is 0 Å². The Labute approximate surface area is 138 Å². The monoisotopic (exact) mass is 327 g/mol. The second kappa shape index (κ2) is 6.09. The van der Waals surface area contributed by atoms with Crippen molar-refractivity contribution < 1.29 is 18.7 Å². The molecule has 0 N–H and O–H groups in total. The lowest BCUT2D eigenvalue weighted by atomic mass is 10.1. The topological polar surface area (TPSA) is 75.9 Å². The number of rotatable bonds is 3. The number of furan rings is 1. The summed E-state index contributed by atoms with van der Waals surface area (Å²) in [5, 5.41) is 0. The van der Waals surface area contributed by atoms with Crippen molar-refractivity contribution in [2.45, 2.75) is 18.7 Å². The molecule has 2 atom stereocenters. The van der Waals surface area contributed by atoms with Crippen molar-refractivity contribution in [3.05, 3.63) is 54.2 Å². The van der Waals surface area contributed by atoms with Gasteiger partial charge in [0.05, 0.1) is 18.4 Å². The third kappa shape index (κ3) is 2.67. The van der Waals surface area contributed by atoms with E-state index < -0.39 is 0 Å². The fourth-order valence-corrected chi connectivity index (χ4v) is 3.28. The zero-order valence-corrected chi connectivity index (χ0v) is 13.0. The van der Waals surface area contributed by atoms with Crippen molar-refractivity contribution in [1.82, 2.24) is 14.8 Å². The number of pyridine rings is 1. The summed E-state index contributed by atoms with van der Waals surface area (Å²) in [5.41, 5.74) is 0.960. The molecule has 4 rings (SSSR count). The molecule has 0 spiro atoms. The lowest BCUT2D eigenvalue weighted by molar-refractivity contribution is -0.153. The van der Waals surface area contributed by atoms with Crippen molar-refractivity contribution in [2.24, 2.45) is 0 Å². The van der Waals surface area contributed by atoms with Gasteiger partial charge in [0.15, 0.2) is 5.76 Å². The van der Waals surface area contributed by atoms with Crippen LogP contribution in [0.15, 0.2) is 47.3 Å². The average molecular weight is 327 g/mol. The SMILES string of the molecule is O=C(c1ccco1)N1C[C@@H]2[C@@H](C1)OCC(=O)N2Cc1cccnc1. The number of amides is 2. The van der Waals surface area contributed by atoms with E-state index in [4.69, 9.17) is 9.15 Å². The number of carbonyl (C=O) groups is 2. The highest BCUT2D eigenvalue weighted by Gasteiger charge is 2.45. The molecule has 0 aromatic carbocycles. The summed E-state index contributed by atoms with van der Waals surface area (Å²) in [6.45, 7) is 1.42. The Balaban J connectivity index is 1.52. The van der Waals surface area contributed by atoms with E-state index in [1.165, 1.54) is 6.26 Å². The lowest BCUT2D eigenvalue weighted by Crippen LogP contribution is -2.53. The van der Waals surface area contributed by atoms with Crippen molar-refractivity contribution in [2.75, 3.05) is 19.7 Å². The van der Waals surface area contributed by atoms with Gasteiger partial charge in [-0.25, -0.2) is 0 Å². The molecular formula is C17H17N3O4. The number of hydrogen-bond donors (Lipinski definition) is 0. The van der Waals surface area contributed by atoms with Gasteiger partial charge in [0, 0.05) is 32.0 Å². The fourth-order valence-electron chi connectivity index (χ4n) is 3.28. The van der Waals surface area contributed by atoms with E-state index in [1.54, 1.807) is 34.3 Å². The Morgan fingerprint density at radius 3 is 2.96 bits per heavy atom. The third-order valence-corrected chi connectivity index (χ3v) is 4.47. The number of nitrogens with zero attached hydrogens (tertiary/aromatic N) is 3. The van der Waals surface area contributed by atoms with Gasteiger partial charge in [-0.2, -0.15) is 0 Å². The molecule has 2 aliphatic rings. The smallest absolute Gasteiger partial charge is 0.289 e. The van der Waals surface area contributed by atoms with Crippen LogP contribution in [0, 0.1) is 0 Å². The molecule has 7 heteroatoms. The van der Waals surface area contributed by atoms with Crippen LogP contribution < -0.4 is 0 Å². The molecular weight excluding hydrogens is 310 g/mol. The quantitative estimate of drug-likeness (QED) is 0.838. The second-order valence-electron chi connectivity index (χ2n) is 5.99. The van der Waals surface area contributed by atoms with E-state index in [9.17, 15) is 9.59 Å². The molecule has 2 aliphatic heterocycles. The van der Waals surface area contributed by atoms with Gasteiger partial charge in [0.1, 0.15) is 6.61 Å². The highest BCUT2D eigenvalue weighted by molar-refractivity contribution is 5.92. The van der Waals surface area contributed by atoms with Crippen LogP contribution in [0.1, 0.15) is 16.1 Å². The maximum absolute atomic E-state index is 12.5. The molecule has 2 aromatic rings. The fraction of sp³-hybridized carbons (Fsp3) is 0.353. The van der Waals surface area contributed by atoms with Gasteiger partial charge in [-0.3, -0.25) is 14.6 Å². The first kappa shape index (κ1) is 14.9. The van der Waals surface area contributed by atoms with Crippen molar-refractivity contribution >= 4 is 11.8 Å². The summed E-state index contributed by atoms with van der Waals surface area (Å²) in [6, 6.07) is 6.96. The van der Waals surface area contributed by atoms with Gasteiger partial charge in [0.25, 0.3) is 5.91 Å². The minimum atomic E-state index is -0.174. The van der Waals surface area contributed by atoms with Crippen LogP contribution in [0.5, 0.6) is 0 Å². The summed E-state index contributed by atoms with van der Waals surface area (Å²) >= 11 is 0. The van der Waals surface area contributed by atoms with Crippen LogP contribution in [0.25, 0.3) is 0 Å². The maximum atomic E-state index is 12.5. The first-order valence-corrected chi connectivity index (χ1v) is 7.85. The molecule has 7 nitrogen and oxygen atoms in total. The van der Waals surface area contributed by atoms with Crippen LogP contribution in [-0.2, 0) is 16.1 Å². The number of aromatic nitrogens is 1. The predicted octanol–water partition coefficient (Wildman–Crippen LogP) is 0.927. The van der Waals surface area contributed by atoms with E-state index in [-0.39, 0.29) is 30.6 Å². The van der Waals surface area contributed by atoms with Gasteiger partial charge in [-0.05, 0) is 23.8 Å². The largest absolute Gasteiger partial charge is 0.459 e. The van der Waals surface area contributed by atoms with Gasteiger partial charge >= 0.3 is 0 Å². The molecule has 0 bridgehead atoms. The maximum Gasteiger partial charge on any atom is 0.289 e. The van der Waals surface area contributed by atoms with Crippen LogP contribution in [-0.4, -0.2) is 58.4 Å². The molecule has 2 fully saturated rings. The minimum Gasteiger partial charge on any atom is -0.459 e. The van der Waals surface area contributed by atoms with E-state index in [2.05, 4.69) is 4.98 Å². The minimum absolute atomic E-state index is 0.0458. The molecule has 2 amide bonds. The first-order valence-electron chi connectivity index (χ1n) is 7.85. The number of hydrogen-bond acceptors (Lipinski definition) is 5. The molecule has 0 unspecified atom stereocenters. The van der Waals surface area contributed by atoms with Crippen LogP contribution >= 0.6 is 0 Å². The highest BCUT2D eigenvalue weighted by atomic mass is 16.5. The Bertz CT molecular complexity index is 732.